The predicted octanol–water partition coefficient (Wildman–Crippen LogP) is 1.98. The summed E-state index contributed by atoms with van der Waals surface area (Å²) in [4.78, 5) is 4.25. The second-order valence-corrected chi connectivity index (χ2v) is 7.21. The fourth-order valence-corrected chi connectivity index (χ4v) is 2.49. The van der Waals surface area contributed by atoms with E-state index < -0.39 is 18.3 Å². The summed E-state index contributed by atoms with van der Waals surface area (Å²) in [6, 6.07) is 1.98. The number of rotatable bonds is 2. The van der Waals surface area contributed by atoms with Crippen LogP contribution in [0.4, 0.5) is 0 Å². The van der Waals surface area contributed by atoms with Crippen LogP contribution in [0.5, 0.6) is 0 Å². The molecule has 3 rings (SSSR count). The molecule has 1 aliphatic carbocycles. The molecule has 1 aromatic heterocycles. The molecular formula is C14H20BClN2O2. The van der Waals surface area contributed by atoms with Crippen molar-refractivity contribution in [1.82, 2.24) is 4.98 Å². The third-order valence-corrected chi connectivity index (χ3v) is 5.05. The molecule has 1 aromatic rings. The number of nitrogens with two attached hydrogens (primary N) is 1. The van der Waals surface area contributed by atoms with Gasteiger partial charge in [0.05, 0.1) is 11.2 Å². The fourth-order valence-electron chi connectivity index (χ4n) is 2.30. The number of aromatic nitrogens is 1. The molecule has 2 aliphatic rings. The molecular weight excluding hydrogens is 274 g/mol. The Hall–Kier alpha value is -0.615. The summed E-state index contributed by atoms with van der Waals surface area (Å²) < 4.78 is 12.1. The number of pyridine rings is 1. The minimum atomic E-state index is -0.498. The molecule has 0 atom stereocenters. The monoisotopic (exact) mass is 294 g/mol. The lowest BCUT2D eigenvalue weighted by Crippen LogP contribution is -2.41. The van der Waals surface area contributed by atoms with Crippen molar-refractivity contribution in [3.8, 4) is 0 Å². The van der Waals surface area contributed by atoms with E-state index in [1.165, 1.54) is 0 Å². The molecule has 6 heteroatoms. The Morgan fingerprint density at radius 1 is 1.20 bits per heavy atom. The summed E-state index contributed by atoms with van der Waals surface area (Å²) in [5.41, 5.74) is 6.97. The Labute approximate surface area is 125 Å². The minimum absolute atomic E-state index is 0.240. The largest absolute Gasteiger partial charge is 0.498 e. The Morgan fingerprint density at radius 2 is 1.75 bits per heavy atom. The lowest BCUT2D eigenvalue weighted by molar-refractivity contribution is 0.00578. The highest BCUT2D eigenvalue weighted by molar-refractivity contribution is 6.65. The second kappa shape index (κ2) is 4.20. The molecule has 0 amide bonds. The van der Waals surface area contributed by atoms with Gasteiger partial charge in [-0.05, 0) is 46.1 Å². The molecule has 20 heavy (non-hydrogen) atoms. The summed E-state index contributed by atoms with van der Waals surface area (Å²) in [5, 5.41) is 0.413. The van der Waals surface area contributed by atoms with E-state index in [-0.39, 0.29) is 5.54 Å². The van der Waals surface area contributed by atoms with Crippen molar-refractivity contribution in [2.24, 2.45) is 5.73 Å². The summed E-state index contributed by atoms with van der Waals surface area (Å²) in [6.07, 6.45) is 3.72. The van der Waals surface area contributed by atoms with E-state index in [2.05, 4.69) is 4.98 Å². The van der Waals surface area contributed by atoms with Gasteiger partial charge in [-0.2, -0.15) is 0 Å². The average molecular weight is 295 g/mol. The third kappa shape index (κ3) is 2.17. The molecule has 2 N–H and O–H groups in total. The molecule has 2 fully saturated rings. The highest BCUT2D eigenvalue weighted by atomic mass is 35.5. The molecule has 0 radical (unpaired) electrons. The maximum Gasteiger partial charge on any atom is 0.498 e. The summed E-state index contributed by atoms with van der Waals surface area (Å²) in [5.74, 6) is 0. The van der Waals surface area contributed by atoms with Crippen LogP contribution in [0.3, 0.4) is 0 Å². The van der Waals surface area contributed by atoms with Crippen molar-refractivity contribution in [1.29, 1.82) is 0 Å². The predicted molar refractivity (Wildman–Crippen MR) is 80.1 cm³/mol. The zero-order valence-electron chi connectivity index (χ0n) is 12.4. The van der Waals surface area contributed by atoms with E-state index in [0.717, 1.165) is 23.9 Å². The molecule has 1 aliphatic heterocycles. The van der Waals surface area contributed by atoms with Crippen LogP contribution >= 0.6 is 11.6 Å². The molecule has 0 unspecified atom stereocenters. The van der Waals surface area contributed by atoms with Gasteiger partial charge in [0.2, 0.25) is 0 Å². The Kier molecular flexibility index (Phi) is 3.01. The topological polar surface area (TPSA) is 57.4 Å². The summed E-state index contributed by atoms with van der Waals surface area (Å²) in [6.45, 7) is 8.07. The van der Waals surface area contributed by atoms with Gasteiger partial charge in [0.15, 0.2) is 0 Å². The summed E-state index contributed by atoms with van der Waals surface area (Å²) >= 11 is 6.22. The number of halogens is 1. The van der Waals surface area contributed by atoms with Gasteiger partial charge in [-0.25, -0.2) is 4.98 Å². The van der Waals surface area contributed by atoms with Crippen LogP contribution < -0.4 is 11.2 Å². The zero-order valence-corrected chi connectivity index (χ0v) is 13.1. The van der Waals surface area contributed by atoms with Crippen LogP contribution in [0, 0.1) is 0 Å². The van der Waals surface area contributed by atoms with Crippen LogP contribution in [0.15, 0.2) is 12.3 Å². The van der Waals surface area contributed by atoms with Crippen molar-refractivity contribution < 1.29 is 9.31 Å². The highest BCUT2D eigenvalue weighted by Crippen LogP contribution is 2.42. The first kappa shape index (κ1) is 14.3. The molecule has 0 spiro atoms. The molecule has 1 saturated carbocycles. The third-order valence-electron chi connectivity index (χ3n) is 4.74. The Balaban J connectivity index is 1.95. The minimum Gasteiger partial charge on any atom is -0.399 e. The van der Waals surface area contributed by atoms with Crippen LogP contribution in [-0.4, -0.2) is 23.3 Å². The molecule has 2 heterocycles. The van der Waals surface area contributed by atoms with Crippen molar-refractivity contribution >= 4 is 24.2 Å². The van der Waals surface area contributed by atoms with Crippen LogP contribution in [0.2, 0.25) is 5.15 Å². The van der Waals surface area contributed by atoms with Crippen LogP contribution in [-0.2, 0) is 14.8 Å². The van der Waals surface area contributed by atoms with E-state index in [1.807, 2.05) is 33.8 Å². The van der Waals surface area contributed by atoms with Gasteiger partial charge < -0.3 is 15.0 Å². The second-order valence-electron chi connectivity index (χ2n) is 6.85. The quantitative estimate of drug-likeness (QED) is 0.669. The van der Waals surface area contributed by atoms with Crippen LogP contribution in [0.1, 0.15) is 46.1 Å². The maximum atomic E-state index is 6.23. The molecule has 4 nitrogen and oxygen atoms in total. The SMILES string of the molecule is CC1(C)OB(c2cc(C3(N)CC3)cnc2Cl)OC1(C)C. The lowest BCUT2D eigenvalue weighted by atomic mass is 9.79. The zero-order chi connectivity index (χ0) is 14.8. The van der Waals surface area contributed by atoms with E-state index in [9.17, 15) is 0 Å². The average Bonchev–Trinajstić information content (AvgIpc) is 3.02. The molecule has 108 valence electrons. The van der Waals surface area contributed by atoms with Gasteiger partial charge in [-0.15, -0.1) is 0 Å². The molecule has 0 aromatic carbocycles. The van der Waals surface area contributed by atoms with Crippen LogP contribution in [0.25, 0.3) is 0 Å². The van der Waals surface area contributed by atoms with Gasteiger partial charge in [-0.1, -0.05) is 17.7 Å². The van der Waals surface area contributed by atoms with Gasteiger partial charge in [0, 0.05) is 17.2 Å². The van der Waals surface area contributed by atoms with E-state index >= 15 is 0 Å². The first-order valence-corrected chi connectivity index (χ1v) is 7.33. The van der Waals surface area contributed by atoms with E-state index in [4.69, 9.17) is 26.6 Å². The van der Waals surface area contributed by atoms with E-state index in [0.29, 0.717) is 5.15 Å². The Morgan fingerprint density at radius 3 is 2.25 bits per heavy atom. The van der Waals surface area contributed by atoms with Crippen molar-refractivity contribution in [2.45, 2.75) is 57.3 Å². The maximum absolute atomic E-state index is 6.23. The molecule has 1 saturated heterocycles. The van der Waals surface area contributed by atoms with Crippen molar-refractivity contribution in [2.75, 3.05) is 0 Å². The fraction of sp³-hybridized carbons (Fsp3) is 0.643. The van der Waals surface area contributed by atoms with E-state index in [1.54, 1.807) is 6.20 Å². The summed E-state index contributed by atoms with van der Waals surface area (Å²) in [7, 11) is -0.498. The highest BCUT2D eigenvalue weighted by Gasteiger charge is 2.53. The smallest absolute Gasteiger partial charge is 0.399 e. The lowest BCUT2D eigenvalue weighted by Gasteiger charge is -2.32. The van der Waals surface area contributed by atoms with Crippen molar-refractivity contribution in [3.05, 3.63) is 23.0 Å². The van der Waals surface area contributed by atoms with Crippen molar-refractivity contribution in [3.63, 3.8) is 0 Å². The first-order chi connectivity index (χ1) is 9.15. The number of hydrogen-bond acceptors (Lipinski definition) is 4. The Bertz CT molecular complexity index is 542. The number of hydrogen-bond donors (Lipinski definition) is 1. The van der Waals surface area contributed by atoms with Gasteiger partial charge >= 0.3 is 7.12 Å². The normalized spacial score (nSPS) is 25.8. The number of nitrogens with zero attached hydrogens (tertiary/aromatic N) is 1. The van der Waals surface area contributed by atoms with Gasteiger partial charge in [-0.3, -0.25) is 0 Å². The molecule has 0 bridgehead atoms. The van der Waals surface area contributed by atoms with Gasteiger partial charge in [0.1, 0.15) is 5.15 Å². The van der Waals surface area contributed by atoms with Gasteiger partial charge in [0.25, 0.3) is 0 Å². The first-order valence-electron chi connectivity index (χ1n) is 6.95. The standard InChI is InChI=1S/C14H20BClN2O2/c1-12(2)13(3,4)20-15(19-12)10-7-9(8-18-11(10)16)14(17)5-6-14/h7-8H,5-6,17H2,1-4H3.